The van der Waals surface area contributed by atoms with Gasteiger partial charge in [-0.15, -0.1) is 0 Å². The Morgan fingerprint density at radius 1 is 1.21 bits per heavy atom. The SMILES string of the molecule is C[C@@H]1[C@H](C)CCC[C@@H]1NC(=O)c1ccc(Cl)c(Cl)c1. The van der Waals surface area contributed by atoms with Gasteiger partial charge in [0.25, 0.3) is 5.91 Å². The maximum Gasteiger partial charge on any atom is 0.251 e. The predicted molar refractivity (Wildman–Crippen MR) is 79.9 cm³/mol. The molecule has 1 aliphatic carbocycles. The molecule has 1 N–H and O–H groups in total. The van der Waals surface area contributed by atoms with Crippen molar-refractivity contribution in [1.29, 1.82) is 0 Å². The van der Waals surface area contributed by atoms with Crippen LogP contribution in [0.15, 0.2) is 18.2 Å². The Hall–Kier alpha value is -0.730. The van der Waals surface area contributed by atoms with Gasteiger partial charge in [0, 0.05) is 11.6 Å². The Kier molecular flexibility index (Phi) is 4.75. The van der Waals surface area contributed by atoms with E-state index in [2.05, 4.69) is 19.2 Å². The third kappa shape index (κ3) is 3.43. The molecule has 1 saturated carbocycles. The number of carbonyl (C=O) groups is 1. The molecule has 0 aliphatic heterocycles. The largest absolute Gasteiger partial charge is 0.349 e. The molecule has 4 heteroatoms. The zero-order valence-electron chi connectivity index (χ0n) is 11.2. The van der Waals surface area contributed by atoms with Crippen LogP contribution >= 0.6 is 23.2 Å². The monoisotopic (exact) mass is 299 g/mol. The van der Waals surface area contributed by atoms with Crippen molar-refractivity contribution < 1.29 is 4.79 Å². The molecule has 0 saturated heterocycles. The van der Waals surface area contributed by atoms with Gasteiger partial charge < -0.3 is 5.32 Å². The number of amides is 1. The van der Waals surface area contributed by atoms with E-state index in [1.807, 2.05) is 0 Å². The first-order chi connectivity index (χ1) is 8.99. The van der Waals surface area contributed by atoms with E-state index < -0.39 is 0 Å². The van der Waals surface area contributed by atoms with Gasteiger partial charge in [-0.3, -0.25) is 4.79 Å². The minimum atomic E-state index is -0.0653. The summed E-state index contributed by atoms with van der Waals surface area (Å²) in [5, 5.41) is 4.01. The summed E-state index contributed by atoms with van der Waals surface area (Å²) < 4.78 is 0. The molecule has 1 fully saturated rings. The first-order valence-electron chi connectivity index (χ1n) is 6.75. The highest BCUT2D eigenvalue weighted by atomic mass is 35.5. The summed E-state index contributed by atoms with van der Waals surface area (Å²) in [7, 11) is 0. The number of carbonyl (C=O) groups excluding carboxylic acids is 1. The fourth-order valence-electron chi connectivity index (χ4n) is 2.67. The Morgan fingerprint density at radius 2 is 1.95 bits per heavy atom. The summed E-state index contributed by atoms with van der Waals surface area (Å²) in [5.41, 5.74) is 0.569. The van der Waals surface area contributed by atoms with Gasteiger partial charge in [0.1, 0.15) is 0 Å². The summed E-state index contributed by atoms with van der Waals surface area (Å²) in [4.78, 5) is 12.2. The van der Waals surface area contributed by atoms with Crippen LogP contribution in [-0.2, 0) is 0 Å². The average Bonchev–Trinajstić information content (AvgIpc) is 2.38. The van der Waals surface area contributed by atoms with E-state index in [1.165, 1.54) is 12.8 Å². The molecular weight excluding hydrogens is 281 g/mol. The van der Waals surface area contributed by atoms with Gasteiger partial charge in [-0.2, -0.15) is 0 Å². The Balaban J connectivity index is 2.06. The minimum absolute atomic E-state index is 0.0653. The van der Waals surface area contributed by atoms with E-state index in [0.29, 0.717) is 27.4 Å². The number of benzene rings is 1. The summed E-state index contributed by atoms with van der Waals surface area (Å²) in [6, 6.07) is 5.24. The van der Waals surface area contributed by atoms with Crippen LogP contribution in [0.1, 0.15) is 43.5 Å². The standard InChI is InChI=1S/C15H19Cl2NO/c1-9-4-3-5-14(10(9)2)18-15(19)11-6-7-12(16)13(17)8-11/h6-10,14H,3-5H2,1-2H3,(H,18,19)/t9-,10-,14+/m1/s1. The van der Waals surface area contributed by atoms with Crippen LogP contribution in [0.4, 0.5) is 0 Å². The molecule has 1 amide bonds. The van der Waals surface area contributed by atoms with E-state index in [9.17, 15) is 4.79 Å². The summed E-state index contributed by atoms with van der Waals surface area (Å²) >= 11 is 11.8. The van der Waals surface area contributed by atoms with E-state index in [-0.39, 0.29) is 11.9 Å². The molecule has 1 aliphatic rings. The molecule has 1 aromatic carbocycles. The number of rotatable bonds is 2. The summed E-state index contributed by atoms with van der Waals surface area (Å²) in [6.45, 7) is 4.46. The number of hydrogen-bond donors (Lipinski definition) is 1. The smallest absolute Gasteiger partial charge is 0.251 e. The predicted octanol–water partition coefficient (Wildman–Crippen LogP) is 4.55. The fourth-order valence-corrected chi connectivity index (χ4v) is 2.97. The van der Waals surface area contributed by atoms with E-state index in [1.54, 1.807) is 18.2 Å². The van der Waals surface area contributed by atoms with Crippen molar-refractivity contribution in [2.24, 2.45) is 11.8 Å². The van der Waals surface area contributed by atoms with Crippen molar-refractivity contribution in [3.05, 3.63) is 33.8 Å². The third-order valence-corrected chi connectivity index (χ3v) is 4.94. The molecule has 0 unspecified atom stereocenters. The van der Waals surface area contributed by atoms with Gasteiger partial charge in [0.2, 0.25) is 0 Å². The number of nitrogens with one attached hydrogen (secondary N) is 1. The zero-order valence-corrected chi connectivity index (χ0v) is 12.8. The maximum atomic E-state index is 12.2. The van der Waals surface area contributed by atoms with Crippen molar-refractivity contribution in [2.75, 3.05) is 0 Å². The highest BCUT2D eigenvalue weighted by Gasteiger charge is 2.28. The van der Waals surface area contributed by atoms with Gasteiger partial charge >= 0.3 is 0 Å². The molecule has 104 valence electrons. The van der Waals surface area contributed by atoms with Crippen molar-refractivity contribution >= 4 is 29.1 Å². The molecule has 2 rings (SSSR count). The number of hydrogen-bond acceptors (Lipinski definition) is 1. The van der Waals surface area contributed by atoms with Crippen molar-refractivity contribution in [3.8, 4) is 0 Å². The molecule has 0 heterocycles. The molecule has 1 aromatic rings. The van der Waals surface area contributed by atoms with Crippen molar-refractivity contribution in [3.63, 3.8) is 0 Å². The lowest BCUT2D eigenvalue weighted by atomic mass is 9.78. The molecule has 0 aromatic heterocycles. The first-order valence-corrected chi connectivity index (χ1v) is 7.50. The zero-order chi connectivity index (χ0) is 14.0. The van der Waals surface area contributed by atoms with Gasteiger partial charge in [0.15, 0.2) is 0 Å². The average molecular weight is 300 g/mol. The van der Waals surface area contributed by atoms with Crippen LogP contribution < -0.4 is 5.32 Å². The second-order valence-corrected chi connectivity index (χ2v) is 6.29. The van der Waals surface area contributed by atoms with Crippen LogP contribution in [0.5, 0.6) is 0 Å². The quantitative estimate of drug-likeness (QED) is 0.853. The Bertz CT molecular complexity index is 475. The third-order valence-electron chi connectivity index (χ3n) is 4.21. The van der Waals surface area contributed by atoms with Gasteiger partial charge in [-0.25, -0.2) is 0 Å². The second kappa shape index (κ2) is 6.15. The first kappa shape index (κ1) is 14.7. The van der Waals surface area contributed by atoms with E-state index in [0.717, 1.165) is 6.42 Å². The van der Waals surface area contributed by atoms with Gasteiger partial charge in [-0.05, 0) is 36.5 Å². The van der Waals surface area contributed by atoms with Crippen molar-refractivity contribution in [2.45, 2.75) is 39.2 Å². The molecular formula is C15H19Cl2NO. The lowest BCUT2D eigenvalue weighted by molar-refractivity contribution is 0.0891. The molecule has 0 spiro atoms. The maximum absolute atomic E-state index is 12.2. The fraction of sp³-hybridized carbons (Fsp3) is 0.533. The number of halogens is 2. The lowest BCUT2D eigenvalue weighted by Crippen LogP contribution is -2.43. The van der Waals surface area contributed by atoms with E-state index in [4.69, 9.17) is 23.2 Å². The molecule has 2 nitrogen and oxygen atoms in total. The van der Waals surface area contributed by atoms with Crippen LogP contribution in [0.2, 0.25) is 10.0 Å². The lowest BCUT2D eigenvalue weighted by Gasteiger charge is -2.34. The van der Waals surface area contributed by atoms with Crippen LogP contribution in [0.3, 0.4) is 0 Å². The summed E-state index contributed by atoms with van der Waals surface area (Å²) in [5.74, 6) is 1.11. The molecule has 0 radical (unpaired) electrons. The van der Waals surface area contributed by atoms with Crippen molar-refractivity contribution in [1.82, 2.24) is 5.32 Å². The molecule has 0 bridgehead atoms. The minimum Gasteiger partial charge on any atom is -0.349 e. The Morgan fingerprint density at radius 3 is 2.63 bits per heavy atom. The Labute approximate surface area is 124 Å². The van der Waals surface area contributed by atoms with Crippen LogP contribution in [-0.4, -0.2) is 11.9 Å². The van der Waals surface area contributed by atoms with Crippen LogP contribution in [0, 0.1) is 11.8 Å². The summed E-state index contributed by atoms with van der Waals surface area (Å²) in [6.07, 6.45) is 3.48. The second-order valence-electron chi connectivity index (χ2n) is 5.48. The normalized spacial score (nSPS) is 27.1. The van der Waals surface area contributed by atoms with E-state index >= 15 is 0 Å². The molecule has 19 heavy (non-hydrogen) atoms. The van der Waals surface area contributed by atoms with Gasteiger partial charge in [0.05, 0.1) is 10.0 Å². The van der Waals surface area contributed by atoms with Gasteiger partial charge in [-0.1, -0.05) is 49.9 Å². The highest BCUT2D eigenvalue weighted by Crippen LogP contribution is 2.30. The topological polar surface area (TPSA) is 29.1 Å². The van der Waals surface area contributed by atoms with Crippen LogP contribution in [0.25, 0.3) is 0 Å². The highest BCUT2D eigenvalue weighted by molar-refractivity contribution is 6.42. The molecule has 3 atom stereocenters.